The number of hydrogen-bond donors (Lipinski definition) is 3. The molecule has 0 saturated heterocycles. The number of rotatable bonds is 10. The molecule has 6 nitrogen and oxygen atoms in total. The summed E-state index contributed by atoms with van der Waals surface area (Å²) in [6.07, 6.45) is 2.21. The van der Waals surface area contributed by atoms with Gasteiger partial charge in [-0.2, -0.15) is 0 Å². The highest BCUT2D eigenvalue weighted by molar-refractivity contribution is 14.0. The number of hydrogen-bond acceptors (Lipinski definition) is 3. The summed E-state index contributed by atoms with van der Waals surface area (Å²) in [5, 5.41) is 6.34. The lowest BCUT2D eigenvalue weighted by atomic mass is 10.0. The van der Waals surface area contributed by atoms with E-state index in [1.54, 1.807) is 30.3 Å². The van der Waals surface area contributed by atoms with Crippen LogP contribution in [0.25, 0.3) is 0 Å². The van der Waals surface area contributed by atoms with Crippen molar-refractivity contribution in [2.45, 2.75) is 38.5 Å². The highest BCUT2D eigenvalue weighted by Crippen LogP contribution is 2.07. The molecule has 0 radical (unpaired) electrons. The summed E-state index contributed by atoms with van der Waals surface area (Å²) in [4.78, 5) is 4.84. The normalized spacial score (nSPS) is 11.9. The second kappa shape index (κ2) is 13.3. The van der Waals surface area contributed by atoms with Crippen molar-refractivity contribution in [1.82, 2.24) is 15.4 Å². The van der Waals surface area contributed by atoms with Gasteiger partial charge in [0.1, 0.15) is 0 Å². The Morgan fingerprint density at radius 1 is 1.04 bits per heavy atom. The van der Waals surface area contributed by atoms with E-state index in [0.29, 0.717) is 19.0 Å². The number of guanidine groups is 1. The zero-order chi connectivity index (χ0) is 17.8. The lowest BCUT2D eigenvalue weighted by molar-refractivity contribution is 0.504. The maximum Gasteiger partial charge on any atom is 0.240 e. The molecule has 0 aliphatic heterocycles. The van der Waals surface area contributed by atoms with Crippen molar-refractivity contribution in [1.29, 1.82) is 0 Å². The van der Waals surface area contributed by atoms with E-state index >= 15 is 0 Å². The molecule has 0 heterocycles. The summed E-state index contributed by atoms with van der Waals surface area (Å²) < 4.78 is 26.8. The molecule has 0 spiro atoms. The molecule has 0 saturated carbocycles. The van der Waals surface area contributed by atoms with Crippen molar-refractivity contribution < 1.29 is 8.42 Å². The summed E-state index contributed by atoms with van der Waals surface area (Å²) >= 11 is 0. The molecule has 144 valence electrons. The molecule has 0 atom stereocenters. The number of halogens is 1. The molecule has 25 heavy (non-hydrogen) atoms. The quantitative estimate of drug-likeness (QED) is 0.207. The van der Waals surface area contributed by atoms with Crippen LogP contribution in [0.3, 0.4) is 0 Å². The van der Waals surface area contributed by atoms with Gasteiger partial charge in [0.05, 0.1) is 4.90 Å². The molecule has 0 bridgehead atoms. The molecule has 1 rings (SSSR count). The predicted molar refractivity (Wildman–Crippen MR) is 115 cm³/mol. The monoisotopic (exact) mass is 482 g/mol. The van der Waals surface area contributed by atoms with Gasteiger partial charge in [0, 0.05) is 26.2 Å². The van der Waals surface area contributed by atoms with Gasteiger partial charge in [-0.25, -0.2) is 13.1 Å². The van der Waals surface area contributed by atoms with Crippen molar-refractivity contribution in [3.63, 3.8) is 0 Å². The molecule has 0 fully saturated rings. The summed E-state index contributed by atoms with van der Waals surface area (Å²) in [6, 6.07) is 8.37. The van der Waals surface area contributed by atoms with Gasteiger partial charge in [0.2, 0.25) is 10.0 Å². The fraction of sp³-hybridized carbons (Fsp3) is 0.588. The first kappa shape index (κ1) is 24.1. The molecule has 0 amide bonds. The van der Waals surface area contributed by atoms with Crippen LogP contribution >= 0.6 is 24.0 Å². The first-order chi connectivity index (χ1) is 11.5. The fourth-order valence-electron chi connectivity index (χ4n) is 2.16. The Morgan fingerprint density at radius 3 is 2.24 bits per heavy atom. The maximum atomic E-state index is 12.1. The van der Waals surface area contributed by atoms with Crippen LogP contribution in [0.15, 0.2) is 40.2 Å². The molecule has 1 aromatic carbocycles. The van der Waals surface area contributed by atoms with Crippen LogP contribution in [0.5, 0.6) is 0 Å². The summed E-state index contributed by atoms with van der Waals surface area (Å²) in [5.41, 5.74) is 0. The smallest absolute Gasteiger partial charge is 0.240 e. The van der Waals surface area contributed by atoms with Gasteiger partial charge in [-0.1, -0.05) is 44.9 Å². The minimum absolute atomic E-state index is 0. The molecule has 1 aromatic rings. The molecule has 0 aromatic heterocycles. The average molecular weight is 482 g/mol. The first-order valence-corrected chi connectivity index (χ1v) is 10.1. The predicted octanol–water partition coefficient (Wildman–Crippen LogP) is 2.57. The minimum atomic E-state index is -3.45. The topological polar surface area (TPSA) is 82.6 Å². The number of nitrogens with zero attached hydrogens (tertiary/aromatic N) is 1. The molecular weight excluding hydrogens is 451 g/mol. The minimum Gasteiger partial charge on any atom is -0.357 e. The van der Waals surface area contributed by atoms with Gasteiger partial charge < -0.3 is 10.6 Å². The van der Waals surface area contributed by atoms with E-state index in [0.717, 1.165) is 31.9 Å². The molecule has 3 N–H and O–H groups in total. The molecular formula is C17H31IN4O2S. The highest BCUT2D eigenvalue weighted by Gasteiger charge is 2.12. The second-order valence-electron chi connectivity index (χ2n) is 5.54. The van der Waals surface area contributed by atoms with Crippen LogP contribution in [-0.4, -0.2) is 40.6 Å². The Labute approximate surface area is 169 Å². The van der Waals surface area contributed by atoms with Crippen molar-refractivity contribution in [2.24, 2.45) is 10.9 Å². The van der Waals surface area contributed by atoms with E-state index in [9.17, 15) is 8.42 Å². The van der Waals surface area contributed by atoms with Crippen LogP contribution < -0.4 is 15.4 Å². The second-order valence-corrected chi connectivity index (χ2v) is 7.31. The number of sulfonamides is 1. The van der Waals surface area contributed by atoms with E-state index < -0.39 is 10.0 Å². The number of nitrogens with one attached hydrogen (secondary N) is 3. The van der Waals surface area contributed by atoms with E-state index in [4.69, 9.17) is 0 Å². The summed E-state index contributed by atoms with van der Waals surface area (Å²) in [5.74, 6) is 1.31. The fourth-order valence-corrected chi connectivity index (χ4v) is 3.21. The zero-order valence-corrected chi connectivity index (χ0v) is 18.4. The average Bonchev–Trinajstić information content (AvgIpc) is 2.60. The van der Waals surface area contributed by atoms with Crippen molar-refractivity contribution in [3.05, 3.63) is 30.3 Å². The Kier molecular flexibility index (Phi) is 12.9. The van der Waals surface area contributed by atoms with Crippen LogP contribution in [0.1, 0.15) is 33.6 Å². The number of aliphatic imine (C=N–C) groups is 1. The Morgan fingerprint density at radius 2 is 1.68 bits per heavy atom. The van der Waals surface area contributed by atoms with Gasteiger partial charge in [-0.05, 0) is 25.0 Å². The van der Waals surface area contributed by atoms with Crippen LogP contribution in [0.2, 0.25) is 0 Å². The third-order valence-corrected chi connectivity index (χ3v) is 5.25. The van der Waals surface area contributed by atoms with Crippen LogP contribution in [0, 0.1) is 5.92 Å². The Balaban J connectivity index is 0.00000576. The largest absolute Gasteiger partial charge is 0.357 e. The molecule has 0 unspecified atom stereocenters. The van der Waals surface area contributed by atoms with Gasteiger partial charge in [0.25, 0.3) is 0 Å². The van der Waals surface area contributed by atoms with Crippen LogP contribution in [0.4, 0.5) is 0 Å². The van der Waals surface area contributed by atoms with Crippen molar-refractivity contribution >= 4 is 40.0 Å². The van der Waals surface area contributed by atoms with Gasteiger partial charge >= 0.3 is 0 Å². The van der Waals surface area contributed by atoms with Crippen LogP contribution in [-0.2, 0) is 10.0 Å². The van der Waals surface area contributed by atoms with E-state index in [1.807, 2.05) is 6.92 Å². The van der Waals surface area contributed by atoms with E-state index in [2.05, 4.69) is 34.2 Å². The molecule has 0 aliphatic rings. The third kappa shape index (κ3) is 9.41. The summed E-state index contributed by atoms with van der Waals surface area (Å²) in [6.45, 7) is 8.66. The summed E-state index contributed by atoms with van der Waals surface area (Å²) in [7, 11) is -3.45. The standard InChI is InChI=1S/C17H30N4O2S.HI/c1-4-15(5-2)14-20-17(18-6-3)19-12-13-21-24(22,23)16-10-8-7-9-11-16;/h7-11,15,21H,4-6,12-14H2,1-3H3,(H2,18,19,20);1H. The maximum absolute atomic E-state index is 12.1. The van der Waals surface area contributed by atoms with E-state index in [-0.39, 0.29) is 28.9 Å². The Hall–Kier alpha value is -0.870. The van der Waals surface area contributed by atoms with E-state index in [1.165, 1.54) is 0 Å². The third-order valence-electron chi connectivity index (χ3n) is 3.77. The Bertz CT molecular complexity index is 590. The SMILES string of the molecule is CCNC(=NCC(CC)CC)NCCNS(=O)(=O)c1ccccc1.I. The van der Waals surface area contributed by atoms with Gasteiger partial charge in [0.15, 0.2) is 5.96 Å². The lowest BCUT2D eigenvalue weighted by Crippen LogP contribution is -2.41. The molecule has 0 aliphatic carbocycles. The van der Waals surface area contributed by atoms with Gasteiger partial charge in [-0.3, -0.25) is 4.99 Å². The lowest BCUT2D eigenvalue weighted by Gasteiger charge is -2.14. The van der Waals surface area contributed by atoms with Gasteiger partial charge in [-0.15, -0.1) is 24.0 Å². The van der Waals surface area contributed by atoms with Crippen molar-refractivity contribution in [3.8, 4) is 0 Å². The first-order valence-electron chi connectivity index (χ1n) is 8.60. The number of benzene rings is 1. The zero-order valence-electron chi connectivity index (χ0n) is 15.3. The molecule has 8 heteroatoms. The van der Waals surface area contributed by atoms with Crippen molar-refractivity contribution in [2.75, 3.05) is 26.2 Å². The highest BCUT2D eigenvalue weighted by atomic mass is 127.